The summed E-state index contributed by atoms with van der Waals surface area (Å²) in [5, 5.41) is 0. The number of hydrogen-bond donors (Lipinski definition) is 2. The van der Waals surface area contributed by atoms with Crippen LogP contribution in [0.15, 0.2) is 48.5 Å². The number of nitrogens with zero attached hydrogens (tertiary/aromatic N) is 2. The molecule has 0 aliphatic carbocycles. The minimum absolute atomic E-state index is 0.826. The third kappa shape index (κ3) is 4.64. The van der Waals surface area contributed by atoms with Gasteiger partial charge in [0, 0.05) is 22.1 Å². The van der Waals surface area contributed by atoms with Crippen molar-refractivity contribution in [1.82, 2.24) is 19.9 Å². The van der Waals surface area contributed by atoms with E-state index in [0.717, 1.165) is 44.8 Å². The van der Waals surface area contributed by atoms with Crippen molar-refractivity contribution in [3.63, 3.8) is 0 Å². The van der Waals surface area contributed by atoms with Gasteiger partial charge < -0.3 is 9.97 Å². The molecule has 0 saturated carbocycles. The number of H-pyrrole nitrogens is 2. The SMILES string of the molecule is C1=Cc2cc3ccc(cc4ccc(cc5nc(cc1n2)C=C5)[nH]4)[nH]3.[Cl][Sn][Cl]. The standard InChI is InChI=1S/C20H14N4.2ClH.Sn/c1-2-14-10-16-5-6-18(23-16)12-20-8-7-19(24-20)11-17-4-3-15(22-17)9-13(1)21-14;;;/h1-12,21-22H;2*1H;/q;;;+2/p-2. The number of hydrogen-bond acceptors (Lipinski definition) is 2. The number of nitrogens with one attached hydrogen (secondary N) is 2. The first-order valence-electron chi connectivity index (χ1n) is 8.22. The normalized spacial score (nSPS) is 11.9. The Hall–Kier alpha value is -2.02. The Kier molecular flexibility index (Phi) is 5.66. The van der Waals surface area contributed by atoms with E-state index in [-0.39, 0.29) is 0 Å². The summed E-state index contributed by atoms with van der Waals surface area (Å²) in [4.78, 5) is 16.0. The summed E-state index contributed by atoms with van der Waals surface area (Å²) in [5.41, 5.74) is 7.86. The van der Waals surface area contributed by atoms with Crippen LogP contribution in [0.5, 0.6) is 0 Å². The van der Waals surface area contributed by atoms with E-state index in [4.69, 9.17) is 17.8 Å². The molecule has 8 bridgehead atoms. The van der Waals surface area contributed by atoms with Gasteiger partial charge in [-0.2, -0.15) is 0 Å². The minimum atomic E-state index is -0.826. The van der Waals surface area contributed by atoms with E-state index in [2.05, 4.69) is 50.3 Å². The number of halogens is 2. The van der Waals surface area contributed by atoms with E-state index in [1.165, 1.54) is 0 Å². The summed E-state index contributed by atoms with van der Waals surface area (Å²) in [7, 11) is 9.87. The molecule has 132 valence electrons. The third-order valence-electron chi connectivity index (χ3n) is 4.04. The summed E-state index contributed by atoms with van der Waals surface area (Å²) in [6.45, 7) is 0. The average Bonchev–Trinajstić information content (AvgIpc) is 3.41. The van der Waals surface area contributed by atoms with Crippen LogP contribution in [0.4, 0.5) is 0 Å². The zero-order chi connectivity index (χ0) is 18.6. The molecule has 0 spiro atoms. The Balaban J connectivity index is 0.000000565. The second-order valence-electron chi connectivity index (χ2n) is 5.98. The van der Waals surface area contributed by atoms with Gasteiger partial charge in [-0.25, -0.2) is 9.97 Å². The number of aromatic amines is 2. The Morgan fingerprint density at radius 2 is 0.889 bits per heavy atom. The first kappa shape index (κ1) is 18.3. The van der Waals surface area contributed by atoms with Crippen molar-refractivity contribution in [1.29, 1.82) is 0 Å². The topological polar surface area (TPSA) is 57.4 Å². The van der Waals surface area contributed by atoms with Crippen molar-refractivity contribution in [2.45, 2.75) is 0 Å². The van der Waals surface area contributed by atoms with Crippen molar-refractivity contribution in [3.8, 4) is 0 Å². The van der Waals surface area contributed by atoms with E-state index in [9.17, 15) is 0 Å². The molecule has 2 radical (unpaired) electrons. The Labute approximate surface area is 173 Å². The number of fused-ring (bicyclic) bond motifs is 8. The van der Waals surface area contributed by atoms with Crippen LogP contribution >= 0.6 is 17.8 Å². The molecule has 2 N–H and O–H groups in total. The van der Waals surface area contributed by atoms with Crippen LogP contribution in [0.1, 0.15) is 22.8 Å². The van der Waals surface area contributed by atoms with Crippen LogP contribution in [-0.2, 0) is 0 Å². The molecule has 2 aliphatic heterocycles. The zero-order valence-corrected chi connectivity index (χ0v) is 18.4. The van der Waals surface area contributed by atoms with Gasteiger partial charge in [-0.1, -0.05) is 0 Å². The van der Waals surface area contributed by atoms with Crippen LogP contribution in [0.2, 0.25) is 0 Å². The van der Waals surface area contributed by atoms with Crippen molar-refractivity contribution >= 4 is 83.1 Å². The van der Waals surface area contributed by atoms with Gasteiger partial charge in [0.2, 0.25) is 0 Å². The van der Waals surface area contributed by atoms with Gasteiger partial charge in [0.05, 0.1) is 22.8 Å². The summed E-state index contributed by atoms with van der Waals surface area (Å²) >= 11 is -0.826. The fourth-order valence-corrected chi connectivity index (χ4v) is 2.94. The quantitative estimate of drug-likeness (QED) is 0.270. The predicted molar refractivity (Wildman–Crippen MR) is 116 cm³/mol. The fourth-order valence-electron chi connectivity index (χ4n) is 2.94. The summed E-state index contributed by atoms with van der Waals surface area (Å²) in [6.07, 6.45) is 8.05. The summed E-state index contributed by atoms with van der Waals surface area (Å²) < 4.78 is 0. The van der Waals surface area contributed by atoms with Crippen LogP contribution in [0.3, 0.4) is 0 Å². The van der Waals surface area contributed by atoms with Crippen LogP contribution < -0.4 is 0 Å². The molecular weight excluding hydrogens is 486 g/mol. The van der Waals surface area contributed by atoms with Crippen molar-refractivity contribution in [2.24, 2.45) is 0 Å². The van der Waals surface area contributed by atoms with Gasteiger partial charge in [-0.05, 0) is 72.8 Å². The molecular formula is C20H14Cl2N4Sn. The van der Waals surface area contributed by atoms with E-state index in [1.54, 1.807) is 0 Å². The molecule has 0 unspecified atom stereocenters. The average molecular weight is 500 g/mol. The summed E-state index contributed by atoms with van der Waals surface area (Å²) in [6, 6.07) is 16.4. The molecule has 7 heteroatoms. The van der Waals surface area contributed by atoms with Crippen LogP contribution in [0.25, 0.3) is 46.4 Å². The second kappa shape index (κ2) is 8.33. The monoisotopic (exact) mass is 500 g/mol. The molecule has 0 atom stereocenters. The molecule has 4 nitrogen and oxygen atoms in total. The van der Waals surface area contributed by atoms with Gasteiger partial charge in [0.25, 0.3) is 0 Å². The maximum absolute atomic E-state index is 4.93. The fraction of sp³-hybridized carbons (Fsp3) is 0. The number of rotatable bonds is 0. The first-order chi connectivity index (χ1) is 13.2. The van der Waals surface area contributed by atoms with Crippen LogP contribution in [-0.4, -0.2) is 38.8 Å². The van der Waals surface area contributed by atoms with Gasteiger partial charge in [-0.3, -0.25) is 0 Å². The molecule has 5 rings (SSSR count). The molecule has 5 heterocycles. The second-order valence-corrected chi connectivity index (χ2v) is 10.2. The first-order valence-corrected chi connectivity index (χ1v) is 15.5. The Morgan fingerprint density at radius 1 is 0.556 bits per heavy atom. The van der Waals surface area contributed by atoms with E-state index >= 15 is 0 Å². The summed E-state index contributed by atoms with van der Waals surface area (Å²) in [5.74, 6) is 0. The maximum atomic E-state index is 4.93. The van der Waals surface area contributed by atoms with Gasteiger partial charge in [0.15, 0.2) is 0 Å². The van der Waals surface area contributed by atoms with E-state index < -0.39 is 18.9 Å². The Bertz CT molecular complexity index is 1100. The molecule has 0 aromatic carbocycles. The Morgan fingerprint density at radius 3 is 1.30 bits per heavy atom. The van der Waals surface area contributed by atoms with Crippen molar-refractivity contribution in [3.05, 3.63) is 71.3 Å². The molecule has 27 heavy (non-hydrogen) atoms. The van der Waals surface area contributed by atoms with Crippen LogP contribution in [0, 0.1) is 0 Å². The van der Waals surface area contributed by atoms with Gasteiger partial charge >= 0.3 is 36.7 Å². The molecule has 2 aliphatic rings. The molecule has 0 amide bonds. The van der Waals surface area contributed by atoms with Crippen molar-refractivity contribution < 1.29 is 0 Å². The molecule has 3 aromatic heterocycles. The van der Waals surface area contributed by atoms with Gasteiger partial charge in [-0.15, -0.1) is 0 Å². The molecule has 0 saturated heterocycles. The zero-order valence-electron chi connectivity index (χ0n) is 14.1. The predicted octanol–water partition coefficient (Wildman–Crippen LogP) is 5.65. The number of aromatic nitrogens is 4. The van der Waals surface area contributed by atoms with Gasteiger partial charge in [0.1, 0.15) is 0 Å². The van der Waals surface area contributed by atoms with Crippen molar-refractivity contribution in [2.75, 3.05) is 0 Å². The van der Waals surface area contributed by atoms with E-state index in [1.807, 2.05) is 42.5 Å². The molecule has 3 aromatic rings. The third-order valence-corrected chi connectivity index (χ3v) is 4.04. The van der Waals surface area contributed by atoms with E-state index in [0.29, 0.717) is 0 Å². The molecule has 0 fully saturated rings.